The van der Waals surface area contributed by atoms with Crippen molar-refractivity contribution in [3.8, 4) is 11.8 Å². The van der Waals surface area contributed by atoms with Gasteiger partial charge in [-0.25, -0.2) is 9.78 Å². The minimum atomic E-state index is -1.10. The van der Waals surface area contributed by atoms with Crippen molar-refractivity contribution in [1.29, 1.82) is 0 Å². The Hall–Kier alpha value is -7.73. The fourth-order valence-corrected chi connectivity index (χ4v) is 9.76. The molecule has 12 nitrogen and oxygen atoms in total. The molecule has 0 spiro atoms. The number of thiazole rings is 1. The lowest BCUT2D eigenvalue weighted by Gasteiger charge is -2.49. The van der Waals surface area contributed by atoms with E-state index in [0.29, 0.717) is 5.13 Å². The van der Waals surface area contributed by atoms with Crippen LogP contribution in [0.5, 0.6) is 0 Å². The van der Waals surface area contributed by atoms with E-state index in [9.17, 15) is 19.2 Å². The molecule has 1 unspecified atom stereocenters. The maximum Gasteiger partial charge on any atom is 0.355 e. The van der Waals surface area contributed by atoms with Crippen LogP contribution in [0.4, 0.5) is 5.13 Å². The number of nitrogens with zero attached hydrogens (tertiary/aromatic N) is 3. The average molecular weight is 899 g/mol. The zero-order valence-corrected chi connectivity index (χ0v) is 36.6. The van der Waals surface area contributed by atoms with Crippen molar-refractivity contribution in [2.75, 3.05) is 11.9 Å². The number of amides is 3. The molecule has 0 saturated carbocycles. The van der Waals surface area contributed by atoms with Crippen molar-refractivity contribution in [2.24, 2.45) is 10.9 Å². The van der Waals surface area contributed by atoms with Gasteiger partial charge in [-0.15, -0.1) is 29.0 Å². The molecular formula is C51H42N6O6S2. The van der Waals surface area contributed by atoms with E-state index in [0.717, 1.165) is 27.8 Å². The number of fused-ring (bicyclic) bond motifs is 1. The molecule has 2 aliphatic rings. The van der Waals surface area contributed by atoms with E-state index in [1.807, 2.05) is 158 Å². The molecule has 0 bridgehead atoms. The maximum absolute atomic E-state index is 14.4. The van der Waals surface area contributed by atoms with E-state index in [1.165, 1.54) is 28.0 Å². The molecule has 6 aromatic rings. The van der Waals surface area contributed by atoms with Crippen LogP contribution in [0.1, 0.15) is 46.5 Å². The molecule has 8 rings (SSSR count). The third-order valence-corrected chi connectivity index (χ3v) is 12.7. The second-order valence-electron chi connectivity index (χ2n) is 14.8. The molecule has 65 heavy (non-hydrogen) atoms. The van der Waals surface area contributed by atoms with E-state index >= 15 is 0 Å². The standard InChI is InChI=1S/C51H42N6O6S2/c1-2-3-9-30-39-31-41(49(61)63-45(34-20-10-4-11-21-34)35-22-12-5-13-23-35)57-47(60)44(48(57)65-39)54-46(59)43(56-62-32-42(52)58)40-33-64-50(53-40)55-51(36-24-14-6-15-25-36,37-26-16-7-17-27-37)38-28-18-8-19-29-38/h4-31,33,39,44-45,48H,32H2,1H3,(H2,52,58)(H,53,55)(H,54,59)/b30-9+,56-43+/t39?,44-,48-/m1/s1. The summed E-state index contributed by atoms with van der Waals surface area (Å²) in [5.74, 6) is 2.86. The Kier molecular flexibility index (Phi) is 13.6. The fraction of sp³-hybridized carbons (Fsp3) is 0.137. The number of nitrogens with two attached hydrogens (primary N) is 1. The molecule has 4 N–H and O–H groups in total. The van der Waals surface area contributed by atoms with Gasteiger partial charge >= 0.3 is 5.97 Å². The summed E-state index contributed by atoms with van der Waals surface area (Å²) in [6.45, 7) is 1.10. The van der Waals surface area contributed by atoms with E-state index in [-0.39, 0.29) is 17.1 Å². The third kappa shape index (κ3) is 9.62. The number of hydrogen-bond donors (Lipinski definition) is 3. The summed E-state index contributed by atoms with van der Waals surface area (Å²) in [6, 6.07) is 47.4. The molecule has 1 aromatic heterocycles. The van der Waals surface area contributed by atoms with Crippen molar-refractivity contribution in [3.63, 3.8) is 0 Å². The Morgan fingerprint density at radius 1 is 0.846 bits per heavy atom. The van der Waals surface area contributed by atoms with Crippen molar-refractivity contribution >= 4 is 57.6 Å². The van der Waals surface area contributed by atoms with Crippen LogP contribution in [0.2, 0.25) is 0 Å². The van der Waals surface area contributed by atoms with Crippen molar-refractivity contribution in [2.45, 2.75) is 35.2 Å². The molecule has 1 saturated heterocycles. The van der Waals surface area contributed by atoms with Gasteiger partial charge in [-0.3, -0.25) is 19.3 Å². The number of anilines is 1. The SMILES string of the molecule is CC#C/C=C/C1C=C(C(=O)OC(c2ccccc2)c2ccccc2)N2C(=O)[C@@H](NC(=O)/C(=N/OCC(N)=O)c3csc(NC(c4ccccc4)(c4ccccc4)c4ccccc4)n3)[C@H]2S1. The first-order valence-electron chi connectivity index (χ1n) is 20.6. The van der Waals surface area contributed by atoms with Gasteiger partial charge in [0.25, 0.3) is 17.7 Å². The number of rotatable bonds is 16. The molecule has 1 fully saturated rings. The van der Waals surface area contributed by atoms with Gasteiger partial charge in [0.1, 0.15) is 28.3 Å². The molecule has 0 radical (unpaired) electrons. The predicted octanol–water partition coefficient (Wildman–Crippen LogP) is 7.32. The highest BCUT2D eigenvalue weighted by atomic mass is 32.2. The summed E-state index contributed by atoms with van der Waals surface area (Å²) in [4.78, 5) is 65.8. The number of hydrogen-bond acceptors (Lipinski definition) is 11. The van der Waals surface area contributed by atoms with Gasteiger partial charge in [0.15, 0.2) is 23.6 Å². The highest BCUT2D eigenvalue weighted by Gasteiger charge is 2.55. The maximum atomic E-state index is 14.4. The Labute approximate surface area is 384 Å². The summed E-state index contributed by atoms with van der Waals surface area (Å²) >= 11 is 2.58. The summed E-state index contributed by atoms with van der Waals surface area (Å²) in [5.41, 5.74) is 8.59. The molecule has 14 heteroatoms. The Morgan fingerprint density at radius 3 is 1.91 bits per heavy atom. The van der Waals surface area contributed by atoms with Crippen molar-refractivity contribution < 1.29 is 28.8 Å². The quantitative estimate of drug-likeness (QED) is 0.0226. The molecular weight excluding hydrogens is 857 g/mol. The molecule has 0 aliphatic carbocycles. The Morgan fingerprint density at radius 2 is 1.38 bits per heavy atom. The van der Waals surface area contributed by atoms with Crippen LogP contribution in [0.25, 0.3) is 0 Å². The number of aromatic nitrogens is 1. The third-order valence-electron chi connectivity index (χ3n) is 10.6. The lowest BCUT2D eigenvalue weighted by Crippen LogP contribution is -2.71. The summed E-state index contributed by atoms with van der Waals surface area (Å²) < 4.78 is 6.20. The second kappa shape index (κ2) is 20.2. The van der Waals surface area contributed by atoms with Gasteiger partial charge in [-0.1, -0.05) is 169 Å². The predicted molar refractivity (Wildman–Crippen MR) is 252 cm³/mol. The van der Waals surface area contributed by atoms with Crippen LogP contribution in [0, 0.1) is 11.8 Å². The van der Waals surface area contributed by atoms with Crippen LogP contribution in [-0.4, -0.2) is 62.6 Å². The second-order valence-corrected chi connectivity index (χ2v) is 16.9. The number of oxime groups is 1. The Bertz CT molecular complexity index is 2670. The van der Waals surface area contributed by atoms with Gasteiger partial charge in [-0.2, -0.15) is 0 Å². The van der Waals surface area contributed by atoms with Gasteiger partial charge in [0.2, 0.25) is 0 Å². The van der Waals surface area contributed by atoms with Crippen LogP contribution in [-0.2, 0) is 34.3 Å². The number of carbonyl (C=O) groups is 4. The highest BCUT2D eigenvalue weighted by Crippen LogP contribution is 2.43. The van der Waals surface area contributed by atoms with Crippen LogP contribution in [0.3, 0.4) is 0 Å². The number of benzene rings is 5. The molecule has 324 valence electrons. The first kappa shape index (κ1) is 43.9. The highest BCUT2D eigenvalue weighted by molar-refractivity contribution is 8.01. The van der Waals surface area contributed by atoms with Crippen molar-refractivity contribution in [3.05, 3.63) is 214 Å². The van der Waals surface area contributed by atoms with Gasteiger partial charge in [0, 0.05) is 10.6 Å². The van der Waals surface area contributed by atoms with Gasteiger partial charge < -0.3 is 25.9 Å². The monoisotopic (exact) mass is 898 g/mol. The van der Waals surface area contributed by atoms with Gasteiger partial charge in [-0.05, 0) is 46.9 Å². The smallest absolute Gasteiger partial charge is 0.355 e. The lowest BCUT2D eigenvalue weighted by molar-refractivity contribution is -0.154. The first-order chi connectivity index (χ1) is 31.8. The minimum Gasteiger partial charge on any atom is -0.448 e. The molecule has 3 heterocycles. The van der Waals surface area contributed by atoms with E-state index in [2.05, 4.69) is 27.6 Å². The minimum absolute atomic E-state index is 0.0350. The van der Waals surface area contributed by atoms with Gasteiger partial charge in [0.05, 0.1) is 0 Å². The normalized spacial score (nSPS) is 16.9. The van der Waals surface area contributed by atoms with Crippen LogP contribution < -0.4 is 16.4 Å². The topological polar surface area (TPSA) is 165 Å². The number of esters is 1. The van der Waals surface area contributed by atoms with Crippen LogP contribution >= 0.6 is 23.1 Å². The lowest BCUT2D eigenvalue weighted by atomic mass is 9.77. The molecule has 3 atom stereocenters. The molecule has 2 aliphatic heterocycles. The number of nitrogens with one attached hydrogen (secondary N) is 2. The number of carbonyl (C=O) groups excluding carboxylic acids is 4. The number of allylic oxidation sites excluding steroid dienone is 1. The van der Waals surface area contributed by atoms with Crippen LogP contribution in [0.15, 0.2) is 186 Å². The fourth-order valence-electron chi connectivity index (χ4n) is 7.63. The molecule has 3 amide bonds. The average Bonchev–Trinajstić information content (AvgIpc) is 3.81. The first-order valence-corrected chi connectivity index (χ1v) is 22.4. The summed E-state index contributed by atoms with van der Waals surface area (Å²) in [6.07, 6.45) is 4.39. The number of ether oxygens (including phenoxy) is 1. The summed E-state index contributed by atoms with van der Waals surface area (Å²) in [7, 11) is 0. The van der Waals surface area contributed by atoms with E-state index in [4.69, 9.17) is 20.3 Å². The number of thioether (sulfide) groups is 1. The van der Waals surface area contributed by atoms with E-state index in [1.54, 1.807) is 24.5 Å². The summed E-state index contributed by atoms with van der Waals surface area (Å²) in [5, 5.41) is 11.5. The van der Waals surface area contributed by atoms with Crippen molar-refractivity contribution in [1.82, 2.24) is 15.2 Å². The van der Waals surface area contributed by atoms with E-state index < -0.39 is 58.6 Å². The number of β-lactam (4-membered cyclic amide) rings is 1. The molecule has 5 aromatic carbocycles. The largest absolute Gasteiger partial charge is 0.448 e. The zero-order valence-electron chi connectivity index (χ0n) is 34.9. The number of primary amides is 1. The Balaban J connectivity index is 1.08. The zero-order chi connectivity index (χ0) is 45.2.